The van der Waals surface area contributed by atoms with Crippen LogP contribution in [0.3, 0.4) is 0 Å². The highest BCUT2D eigenvalue weighted by molar-refractivity contribution is 5.84. The van der Waals surface area contributed by atoms with Crippen molar-refractivity contribution in [1.29, 1.82) is 5.26 Å². The Balaban J connectivity index is 1.44. The maximum absolute atomic E-state index is 15.2. The lowest BCUT2D eigenvalue weighted by atomic mass is 9.77. The van der Waals surface area contributed by atoms with E-state index < -0.39 is 5.82 Å². The van der Waals surface area contributed by atoms with Crippen molar-refractivity contribution in [2.45, 2.75) is 70.6 Å². The molecule has 0 spiro atoms. The summed E-state index contributed by atoms with van der Waals surface area (Å²) >= 11 is 0. The zero-order valence-electron chi connectivity index (χ0n) is 18.8. The van der Waals surface area contributed by atoms with Crippen LogP contribution in [-0.4, -0.2) is 0 Å². The van der Waals surface area contributed by atoms with Gasteiger partial charge in [0.2, 0.25) is 0 Å². The molecule has 0 amide bonds. The Morgan fingerprint density at radius 3 is 2.47 bits per heavy atom. The fraction of sp³-hybridized carbons (Fsp3) is 0.414. The molecule has 0 atom stereocenters. The van der Waals surface area contributed by atoms with Gasteiger partial charge >= 0.3 is 0 Å². The molecule has 0 heterocycles. The van der Waals surface area contributed by atoms with Crippen molar-refractivity contribution in [1.82, 2.24) is 0 Å². The van der Waals surface area contributed by atoms with Gasteiger partial charge in [-0.25, -0.2) is 8.78 Å². The van der Waals surface area contributed by atoms with Gasteiger partial charge < -0.3 is 0 Å². The minimum absolute atomic E-state index is 0.0379. The third-order valence-electron chi connectivity index (χ3n) is 7.18. The Morgan fingerprint density at radius 1 is 0.938 bits per heavy atom. The molecule has 0 saturated heterocycles. The van der Waals surface area contributed by atoms with Crippen LogP contribution in [-0.2, 0) is 12.8 Å². The van der Waals surface area contributed by atoms with E-state index >= 15 is 4.39 Å². The Kier molecular flexibility index (Phi) is 7.20. The summed E-state index contributed by atoms with van der Waals surface area (Å²) in [7, 11) is 0. The van der Waals surface area contributed by atoms with E-state index in [0.717, 1.165) is 16.9 Å². The van der Waals surface area contributed by atoms with Crippen LogP contribution in [0.5, 0.6) is 0 Å². The van der Waals surface area contributed by atoms with Gasteiger partial charge in [-0.15, -0.1) is 0 Å². The van der Waals surface area contributed by atoms with Crippen molar-refractivity contribution in [2.75, 3.05) is 0 Å². The number of nitrogens with zero attached hydrogens (tertiary/aromatic N) is 1. The minimum atomic E-state index is -0.518. The summed E-state index contributed by atoms with van der Waals surface area (Å²) in [5.74, 6) is 0.782. The van der Waals surface area contributed by atoms with Gasteiger partial charge in [0.15, 0.2) is 0 Å². The second-order valence-corrected chi connectivity index (χ2v) is 9.31. The highest BCUT2D eigenvalue weighted by Gasteiger charge is 2.22. The number of fused-ring (bicyclic) bond motifs is 1. The molecule has 3 heteroatoms. The van der Waals surface area contributed by atoms with Crippen molar-refractivity contribution in [3.63, 3.8) is 0 Å². The molecular formula is C29H31F2N. The molecule has 0 bridgehead atoms. The highest BCUT2D eigenvalue weighted by atomic mass is 19.1. The molecule has 0 radical (unpaired) electrons. The summed E-state index contributed by atoms with van der Waals surface area (Å²) in [4.78, 5) is 0. The first-order chi connectivity index (χ1) is 15.6. The zero-order valence-corrected chi connectivity index (χ0v) is 18.8. The number of benzene rings is 3. The molecule has 0 aliphatic heterocycles. The first-order valence-electron chi connectivity index (χ1n) is 12.0. The third kappa shape index (κ3) is 5.01. The van der Waals surface area contributed by atoms with Crippen molar-refractivity contribution in [3.8, 4) is 6.07 Å². The molecule has 3 aromatic carbocycles. The standard InChI is InChI=1S/C29H31F2N/c1-2-3-4-20-5-9-22(10-6-20)24-15-16-27-25(18-24)14-13-23(29(27)31)11-7-21-8-12-26(19-32)28(30)17-21/h8,12-18,20,22H,2-7,9-11H2,1H3. The van der Waals surface area contributed by atoms with Crippen LogP contribution in [0.15, 0.2) is 48.5 Å². The molecule has 1 fully saturated rings. The van der Waals surface area contributed by atoms with E-state index in [9.17, 15) is 4.39 Å². The summed E-state index contributed by atoms with van der Waals surface area (Å²) in [6, 6.07) is 16.5. The maximum Gasteiger partial charge on any atom is 0.141 e. The van der Waals surface area contributed by atoms with Crippen molar-refractivity contribution >= 4 is 10.8 Å². The average molecular weight is 432 g/mol. The number of unbranched alkanes of at least 4 members (excludes halogenated alkanes) is 1. The van der Waals surface area contributed by atoms with Gasteiger partial charge in [0.25, 0.3) is 0 Å². The SMILES string of the molecule is CCCCC1CCC(c2ccc3c(F)c(CCc4ccc(C#N)c(F)c4)ccc3c2)CC1. The number of rotatable bonds is 7. The molecular weight excluding hydrogens is 400 g/mol. The van der Waals surface area contributed by atoms with Crippen LogP contribution in [0, 0.1) is 28.9 Å². The molecule has 32 heavy (non-hydrogen) atoms. The molecule has 1 saturated carbocycles. The van der Waals surface area contributed by atoms with Gasteiger partial charge in [0, 0.05) is 5.39 Å². The minimum Gasteiger partial charge on any atom is -0.206 e. The smallest absolute Gasteiger partial charge is 0.141 e. The van der Waals surface area contributed by atoms with Crippen molar-refractivity contribution < 1.29 is 8.78 Å². The van der Waals surface area contributed by atoms with E-state index in [1.165, 1.54) is 62.6 Å². The van der Waals surface area contributed by atoms with E-state index in [-0.39, 0.29) is 11.4 Å². The van der Waals surface area contributed by atoms with E-state index in [1.54, 1.807) is 6.07 Å². The molecule has 0 N–H and O–H groups in total. The lowest BCUT2D eigenvalue weighted by Crippen LogP contribution is -2.13. The van der Waals surface area contributed by atoms with E-state index in [1.807, 2.05) is 24.3 Å². The summed E-state index contributed by atoms with van der Waals surface area (Å²) in [5, 5.41) is 10.5. The molecule has 0 unspecified atom stereocenters. The first-order valence-corrected chi connectivity index (χ1v) is 12.0. The quantitative estimate of drug-likeness (QED) is 0.369. The predicted octanol–water partition coefficient (Wildman–Crippen LogP) is 8.24. The Bertz CT molecular complexity index is 1120. The summed E-state index contributed by atoms with van der Waals surface area (Å²) in [5.41, 5.74) is 2.79. The van der Waals surface area contributed by atoms with Gasteiger partial charge in [-0.2, -0.15) is 5.26 Å². The van der Waals surface area contributed by atoms with Crippen LogP contribution in [0.1, 0.15) is 80.0 Å². The monoisotopic (exact) mass is 431 g/mol. The fourth-order valence-electron chi connectivity index (χ4n) is 5.16. The van der Waals surface area contributed by atoms with E-state index in [0.29, 0.717) is 29.7 Å². The van der Waals surface area contributed by atoms with Crippen molar-refractivity contribution in [3.05, 3.63) is 82.4 Å². The molecule has 1 aliphatic carbocycles. The first kappa shape index (κ1) is 22.5. The number of hydrogen-bond donors (Lipinski definition) is 0. The highest BCUT2D eigenvalue weighted by Crippen LogP contribution is 2.38. The van der Waals surface area contributed by atoms with Gasteiger partial charge in [-0.3, -0.25) is 0 Å². The van der Waals surface area contributed by atoms with E-state index in [4.69, 9.17) is 5.26 Å². The lowest BCUT2D eigenvalue weighted by molar-refractivity contribution is 0.304. The van der Waals surface area contributed by atoms with Gasteiger partial charge in [0.1, 0.15) is 17.7 Å². The van der Waals surface area contributed by atoms with Gasteiger partial charge in [0.05, 0.1) is 5.56 Å². The van der Waals surface area contributed by atoms with E-state index in [2.05, 4.69) is 19.1 Å². The molecule has 0 aromatic heterocycles. The molecule has 1 nitrogen and oxygen atoms in total. The largest absolute Gasteiger partial charge is 0.206 e. The second kappa shape index (κ2) is 10.3. The third-order valence-corrected chi connectivity index (χ3v) is 7.18. The normalized spacial score (nSPS) is 18.6. The number of aryl methyl sites for hydroxylation is 2. The van der Waals surface area contributed by atoms with Crippen LogP contribution in [0.2, 0.25) is 0 Å². The fourth-order valence-corrected chi connectivity index (χ4v) is 5.16. The lowest BCUT2D eigenvalue weighted by Gasteiger charge is -2.29. The Morgan fingerprint density at radius 2 is 1.75 bits per heavy atom. The predicted molar refractivity (Wildman–Crippen MR) is 127 cm³/mol. The Hall–Kier alpha value is -2.73. The average Bonchev–Trinajstić information content (AvgIpc) is 2.82. The van der Waals surface area contributed by atoms with Gasteiger partial charge in [-0.1, -0.05) is 62.6 Å². The Labute approximate surface area is 190 Å². The summed E-state index contributed by atoms with van der Waals surface area (Å²) in [6.07, 6.45) is 10.1. The maximum atomic E-state index is 15.2. The van der Waals surface area contributed by atoms with Crippen LogP contribution in [0.25, 0.3) is 10.8 Å². The van der Waals surface area contributed by atoms with Crippen LogP contribution >= 0.6 is 0 Å². The van der Waals surface area contributed by atoms with Crippen LogP contribution < -0.4 is 0 Å². The molecule has 166 valence electrons. The second-order valence-electron chi connectivity index (χ2n) is 9.31. The summed E-state index contributed by atoms with van der Waals surface area (Å²) < 4.78 is 29.0. The molecule has 3 aromatic rings. The topological polar surface area (TPSA) is 23.8 Å². The number of hydrogen-bond acceptors (Lipinski definition) is 1. The van der Waals surface area contributed by atoms with Gasteiger partial charge in [-0.05, 0) is 84.6 Å². The van der Waals surface area contributed by atoms with Crippen molar-refractivity contribution in [2.24, 2.45) is 5.92 Å². The number of halogens is 2. The molecule has 4 rings (SSSR count). The summed E-state index contributed by atoms with van der Waals surface area (Å²) in [6.45, 7) is 2.26. The molecule has 1 aliphatic rings. The van der Waals surface area contributed by atoms with Crippen LogP contribution in [0.4, 0.5) is 8.78 Å². The zero-order chi connectivity index (χ0) is 22.5. The number of nitriles is 1.